The molecule has 1 aromatic rings. The Balaban J connectivity index is 0.00000361. The summed E-state index contributed by atoms with van der Waals surface area (Å²) in [5.41, 5.74) is 5.58. The van der Waals surface area contributed by atoms with E-state index in [0.717, 1.165) is 0 Å². The maximum Gasteiger partial charge on any atom is 0.379 e. The number of rotatable bonds is 6. The number of hydrogen-bond donors (Lipinski definition) is 1. The number of halogens is 3. The molecule has 7 heteroatoms. The molecule has 0 saturated carbocycles. The molecular formula is C13H18ClF2NO3. The highest BCUT2D eigenvalue weighted by Crippen LogP contribution is 2.31. The first-order valence-electron chi connectivity index (χ1n) is 5.96. The third-order valence-corrected chi connectivity index (χ3v) is 2.49. The average Bonchev–Trinajstić information content (AvgIpc) is 2.39. The summed E-state index contributed by atoms with van der Waals surface area (Å²) in [7, 11) is 0. The molecule has 0 amide bonds. The fourth-order valence-corrected chi connectivity index (χ4v) is 1.50. The summed E-state index contributed by atoms with van der Waals surface area (Å²) in [6.45, 7) is 3.62. The van der Waals surface area contributed by atoms with Gasteiger partial charge in [-0.3, -0.25) is 0 Å². The van der Waals surface area contributed by atoms with Crippen LogP contribution in [-0.2, 0) is 9.53 Å². The van der Waals surface area contributed by atoms with Gasteiger partial charge in [0.1, 0.15) is 11.8 Å². The lowest BCUT2D eigenvalue weighted by atomic mass is 10.0. The first-order valence-corrected chi connectivity index (χ1v) is 5.96. The quantitative estimate of drug-likeness (QED) is 0.821. The Bertz CT molecular complexity index is 426. The van der Waals surface area contributed by atoms with Gasteiger partial charge in [0.25, 0.3) is 0 Å². The number of benzene rings is 1. The van der Waals surface area contributed by atoms with E-state index >= 15 is 0 Å². The fourth-order valence-electron chi connectivity index (χ4n) is 1.50. The molecule has 2 N–H and O–H groups in total. The van der Waals surface area contributed by atoms with Crippen LogP contribution < -0.4 is 10.5 Å². The van der Waals surface area contributed by atoms with Crippen molar-refractivity contribution in [3.63, 3.8) is 0 Å². The van der Waals surface area contributed by atoms with Gasteiger partial charge < -0.3 is 15.2 Å². The summed E-state index contributed by atoms with van der Waals surface area (Å²) in [5, 5.41) is 0. The minimum absolute atomic E-state index is 0. The van der Waals surface area contributed by atoms with Crippen molar-refractivity contribution in [1.29, 1.82) is 0 Å². The number of hydrogen-bond acceptors (Lipinski definition) is 4. The van der Waals surface area contributed by atoms with E-state index in [2.05, 4.69) is 4.74 Å². The molecule has 0 bridgehead atoms. The summed E-state index contributed by atoms with van der Waals surface area (Å²) in [6.07, 6.45) is 0. The Morgan fingerprint density at radius 2 is 1.80 bits per heavy atom. The van der Waals surface area contributed by atoms with Gasteiger partial charge in [-0.2, -0.15) is 8.78 Å². The van der Waals surface area contributed by atoms with Gasteiger partial charge in [-0.1, -0.05) is 12.1 Å². The van der Waals surface area contributed by atoms with Crippen LogP contribution in [0.5, 0.6) is 5.75 Å². The van der Waals surface area contributed by atoms with Crippen LogP contribution in [0.2, 0.25) is 0 Å². The normalized spacial score (nSPS) is 12.2. The monoisotopic (exact) mass is 309 g/mol. The minimum Gasteiger partial charge on any atom is -0.494 e. The number of carbonyl (C=O) groups excluding carboxylic acids is 1. The highest BCUT2D eigenvalue weighted by atomic mass is 35.5. The third-order valence-electron chi connectivity index (χ3n) is 2.49. The summed E-state index contributed by atoms with van der Waals surface area (Å²) in [5.74, 6) is -4.82. The van der Waals surface area contributed by atoms with Crippen molar-refractivity contribution in [2.45, 2.75) is 25.8 Å². The van der Waals surface area contributed by atoms with Crippen molar-refractivity contribution in [3.05, 3.63) is 29.8 Å². The molecule has 0 saturated heterocycles. The van der Waals surface area contributed by atoms with Gasteiger partial charge >= 0.3 is 11.9 Å². The van der Waals surface area contributed by atoms with Gasteiger partial charge in [0.2, 0.25) is 0 Å². The lowest BCUT2D eigenvalue weighted by Gasteiger charge is -2.22. The molecular weight excluding hydrogens is 292 g/mol. The van der Waals surface area contributed by atoms with Crippen molar-refractivity contribution in [2.75, 3.05) is 13.2 Å². The van der Waals surface area contributed by atoms with Crippen molar-refractivity contribution >= 4 is 18.4 Å². The molecule has 1 aromatic carbocycles. The number of ether oxygens (including phenoxy) is 2. The molecule has 1 atom stereocenters. The number of carbonyl (C=O) groups is 1. The zero-order valence-corrected chi connectivity index (χ0v) is 12.1. The lowest BCUT2D eigenvalue weighted by Crippen LogP contribution is -2.41. The van der Waals surface area contributed by atoms with Crippen LogP contribution in [0.25, 0.3) is 0 Å². The van der Waals surface area contributed by atoms with Gasteiger partial charge in [0, 0.05) is 0 Å². The standard InChI is InChI=1S/C13H17F2NO3.ClH/c1-3-18-10-7-5-9(6-8-10)11(16)13(14,15)12(17)19-4-2;/h5-8,11H,3-4,16H2,1-2H3;1H/t11-;/m1./s1. The molecule has 0 aliphatic heterocycles. The Labute approximate surface area is 122 Å². The third kappa shape index (κ3) is 4.31. The van der Waals surface area contributed by atoms with Crippen LogP contribution in [0.4, 0.5) is 8.78 Å². The highest BCUT2D eigenvalue weighted by Gasteiger charge is 2.47. The lowest BCUT2D eigenvalue weighted by molar-refractivity contribution is -0.174. The smallest absolute Gasteiger partial charge is 0.379 e. The van der Waals surface area contributed by atoms with E-state index in [9.17, 15) is 13.6 Å². The van der Waals surface area contributed by atoms with Crippen LogP contribution >= 0.6 is 12.4 Å². The molecule has 4 nitrogen and oxygen atoms in total. The van der Waals surface area contributed by atoms with Gasteiger partial charge in [-0.25, -0.2) is 4.79 Å². The molecule has 0 aliphatic carbocycles. The molecule has 0 fully saturated rings. The van der Waals surface area contributed by atoms with E-state index in [0.29, 0.717) is 12.4 Å². The van der Waals surface area contributed by atoms with Crippen LogP contribution in [0.15, 0.2) is 24.3 Å². The number of esters is 1. The molecule has 0 spiro atoms. The van der Waals surface area contributed by atoms with Crippen molar-refractivity contribution in [1.82, 2.24) is 0 Å². The van der Waals surface area contributed by atoms with Gasteiger partial charge in [0.05, 0.1) is 13.2 Å². The van der Waals surface area contributed by atoms with Gasteiger partial charge in [-0.15, -0.1) is 12.4 Å². The zero-order valence-electron chi connectivity index (χ0n) is 11.3. The Kier molecular flexibility index (Phi) is 7.45. The largest absolute Gasteiger partial charge is 0.494 e. The predicted molar refractivity (Wildman–Crippen MR) is 73.4 cm³/mol. The predicted octanol–water partition coefficient (Wildman–Crippen LogP) is 2.71. The second-order valence-electron chi connectivity index (χ2n) is 3.82. The fraction of sp³-hybridized carbons (Fsp3) is 0.462. The van der Waals surface area contributed by atoms with E-state index in [-0.39, 0.29) is 24.6 Å². The molecule has 0 aliphatic rings. The molecule has 1 rings (SSSR count). The SMILES string of the molecule is CCOC(=O)C(F)(F)[C@H](N)c1ccc(OCC)cc1.Cl. The van der Waals surface area contributed by atoms with Crippen molar-refractivity contribution in [3.8, 4) is 5.75 Å². The maximum atomic E-state index is 13.7. The summed E-state index contributed by atoms with van der Waals surface area (Å²) < 4.78 is 36.9. The summed E-state index contributed by atoms with van der Waals surface area (Å²) >= 11 is 0. The Hall–Kier alpha value is -1.40. The molecule has 114 valence electrons. The zero-order chi connectivity index (χ0) is 14.5. The van der Waals surface area contributed by atoms with E-state index in [4.69, 9.17) is 10.5 Å². The van der Waals surface area contributed by atoms with E-state index < -0.39 is 17.9 Å². The number of nitrogens with two attached hydrogens (primary N) is 1. The van der Waals surface area contributed by atoms with Gasteiger partial charge in [-0.05, 0) is 31.5 Å². The molecule has 0 unspecified atom stereocenters. The van der Waals surface area contributed by atoms with Crippen LogP contribution in [-0.4, -0.2) is 25.1 Å². The van der Waals surface area contributed by atoms with E-state index in [1.165, 1.54) is 31.2 Å². The van der Waals surface area contributed by atoms with Crippen molar-refractivity contribution in [2.24, 2.45) is 5.73 Å². The number of alkyl halides is 2. The van der Waals surface area contributed by atoms with Crippen LogP contribution in [0.3, 0.4) is 0 Å². The first-order chi connectivity index (χ1) is 8.93. The minimum atomic E-state index is -3.76. The summed E-state index contributed by atoms with van der Waals surface area (Å²) in [4.78, 5) is 11.2. The van der Waals surface area contributed by atoms with E-state index in [1.807, 2.05) is 6.92 Å². The first kappa shape index (κ1) is 18.6. The van der Waals surface area contributed by atoms with Crippen LogP contribution in [0, 0.1) is 0 Å². The Morgan fingerprint density at radius 1 is 1.25 bits per heavy atom. The molecule has 20 heavy (non-hydrogen) atoms. The summed E-state index contributed by atoms with van der Waals surface area (Å²) in [6, 6.07) is 4.12. The van der Waals surface area contributed by atoms with Gasteiger partial charge in [0.15, 0.2) is 0 Å². The molecule has 0 heterocycles. The average molecular weight is 310 g/mol. The molecule has 0 radical (unpaired) electrons. The second-order valence-corrected chi connectivity index (χ2v) is 3.82. The second kappa shape index (κ2) is 8.01. The maximum absolute atomic E-state index is 13.7. The Morgan fingerprint density at radius 3 is 2.25 bits per heavy atom. The van der Waals surface area contributed by atoms with Crippen molar-refractivity contribution < 1.29 is 23.0 Å². The van der Waals surface area contributed by atoms with Crippen LogP contribution in [0.1, 0.15) is 25.5 Å². The van der Waals surface area contributed by atoms with E-state index in [1.54, 1.807) is 0 Å². The molecule has 0 aromatic heterocycles. The topological polar surface area (TPSA) is 61.5 Å². The highest BCUT2D eigenvalue weighted by molar-refractivity contribution is 5.85.